The van der Waals surface area contributed by atoms with E-state index in [0.29, 0.717) is 0 Å². The number of rotatable bonds is 4. The fourth-order valence-electron chi connectivity index (χ4n) is 2.55. The summed E-state index contributed by atoms with van der Waals surface area (Å²) >= 11 is 0. The van der Waals surface area contributed by atoms with Crippen LogP contribution >= 0.6 is 0 Å². The van der Waals surface area contributed by atoms with Crippen molar-refractivity contribution in [2.24, 2.45) is 0 Å². The highest BCUT2D eigenvalue weighted by molar-refractivity contribution is 5.88. The van der Waals surface area contributed by atoms with Crippen LogP contribution in [-0.4, -0.2) is 48.3 Å². The van der Waals surface area contributed by atoms with Gasteiger partial charge in [0, 0.05) is 6.54 Å². The predicted octanol–water partition coefficient (Wildman–Crippen LogP) is 4.21. The second kappa shape index (κ2) is 6.36. The third kappa shape index (κ3) is 2.59. The van der Waals surface area contributed by atoms with Gasteiger partial charge < -0.3 is 10.1 Å². The number of amides is 1. The molecule has 3 nitrogen and oxygen atoms in total. The first-order chi connectivity index (χ1) is 12.9. The summed E-state index contributed by atoms with van der Waals surface area (Å²) in [6.07, 6.45) is 0. The fourth-order valence-corrected chi connectivity index (χ4v) is 2.55. The number of alkyl halides is 11. The summed E-state index contributed by atoms with van der Waals surface area (Å²) in [5.74, 6) is -39.5. The lowest BCUT2D eigenvalue weighted by Gasteiger charge is -2.51. The molecule has 1 aromatic rings. The minimum Gasteiger partial charge on any atom is -0.497 e. The van der Waals surface area contributed by atoms with Gasteiger partial charge in [-0.3, -0.25) is 4.79 Å². The maximum absolute atomic E-state index is 14.5. The van der Waals surface area contributed by atoms with Gasteiger partial charge in [-0.2, -0.15) is 43.9 Å². The molecule has 1 fully saturated rings. The Morgan fingerprint density at radius 2 is 1.14 bits per heavy atom. The number of hydrogen-bond donors (Lipinski definition) is 1. The largest absolute Gasteiger partial charge is 0.497 e. The average molecular weight is 445 g/mol. The van der Waals surface area contributed by atoms with E-state index in [1.54, 1.807) is 0 Å². The lowest BCUT2D eigenvalue weighted by atomic mass is 9.71. The van der Waals surface area contributed by atoms with E-state index in [1.807, 2.05) is 0 Å². The Balaban J connectivity index is 2.47. The monoisotopic (exact) mass is 445 g/mol. The summed E-state index contributed by atoms with van der Waals surface area (Å²) in [7, 11) is 1.24. The van der Waals surface area contributed by atoms with Crippen molar-refractivity contribution in [2.45, 2.75) is 41.8 Å². The third-order valence-corrected chi connectivity index (χ3v) is 4.37. The van der Waals surface area contributed by atoms with Crippen LogP contribution in [0.4, 0.5) is 48.3 Å². The molecule has 1 aromatic carbocycles. The highest BCUT2D eigenvalue weighted by Gasteiger charge is 3.02. The number of halogens is 11. The summed E-state index contributed by atoms with van der Waals surface area (Å²) in [6.45, 7) is -1.06. The molecule has 1 amide bonds. The van der Waals surface area contributed by atoms with Crippen LogP contribution in [0.2, 0.25) is 0 Å². The average Bonchev–Trinajstić information content (AvgIpc) is 2.63. The molecular weight excluding hydrogens is 435 g/mol. The van der Waals surface area contributed by atoms with Crippen molar-refractivity contribution in [3.63, 3.8) is 0 Å². The molecule has 0 unspecified atom stereocenters. The van der Waals surface area contributed by atoms with Crippen molar-refractivity contribution < 1.29 is 57.8 Å². The molecule has 0 saturated heterocycles. The van der Waals surface area contributed by atoms with E-state index in [0.717, 1.165) is 17.4 Å². The summed E-state index contributed by atoms with van der Waals surface area (Å²) in [4.78, 5) is 11.7. The topological polar surface area (TPSA) is 38.3 Å². The van der Waals surface area contributed by atoms with E-state index in [2.05, 4.69) is 0 Å². The minimum atomic E-state index is -7.36. The lowest BCUT2D eigenvalue weighted by molar-refractivity contribution is -0.476. The standard InChI is InChI=1S/C15H10F11NO2/c1-29-8-4-2-7(3-5-8)6-27-9(28)10(16)11(17,18)13(21,22)15(25,26)14(23,24)12(10,19)20/h2-5H,6H2,1H3,(H,27,28). The highest BCUT2D eigenvalue weighted by Crippen LogP contribution is 2.69. The number of ether oxygens (including phenoxy) is 1. The zero-order valence-corrected chi connectivity index (χ0v) is 14.0. The summed E-state index contributed by atoms with van der Waals surface area (Å²) in [5.41, 5.74) is -6.80. The highest BCUT2D eigenvalue weighted by atomic mass is 19.4. The minimum absolute atomic E-state index is 0.103. The fraction of sp³-hybridized carbons (Fsp3) is 0.533. The Morgan fingerprint density at radius 1 is 0.759 bits per heavy atom. The van der Waals surface area contributed by atoms with E-state index in [1.165, 1.54) is 19.2 Å². The van der Waals surface area contributed by atoms with E-state index in [9.17, 15) is 53.1 Å². The Hall–Kier alpha value is -2.28. The van der Waals surface area contributed by atoms with Crippen LogP contribution < -0.4 is 10.1 Å². The molecule has 1 aliphatic rings. The Kier molecular flexibility index (Phi) is 5.04. The Morgan fingerprint density at radius 3 is 1.52 bits per heavy atom. The van der Waals surface area contributed by atoms with Crippen molar-refractivity contribution in [3.05, 3.63) is 29.8 Å². The zero-order chi connectivity index (χ0) is 22.7. The predicted molar refractivity (Wildman–Crippen MR) is 73.4 cm³/mol. The number of nitrogens with one attached hydrogen (secondary N) is 1. The molecule has 1 N–H and O–H groups in total. The molecule has 0 aromatic heterocycles. The molecule has 164 valence electrons. The number of carbonyl (C=O) groups excluding carboxylic acids is 1. The molecule has 14 heteroatoms. The number of methoxy groups -OCH3 is 1. The molecule has 0 aliphatic heterocycles. The van der Waals surface area contributed by atoms with Gasteiger partial charge in [0.25, 0.3) is 5.91 Å². The quantitative estimate of drug-likeness (QED) is 0.706. The molecule has 2 rings (SSSR count). The summed E-state index contributed by atoms with van der Waals surface area (Å²) in [5, 5.41) is 1.03. The van der Waals surface area contributed by atoms with E-state index in [-0.39, 0.29) is 11.3 Å². The van der Waals surface area contributed by atoms with Crippen LogP contribution in [-0.2, 0) is 11.3 Å². The zero-order valence-electron chi connectivity index (χ0n) is 14.0. The van der Waals surface area contributed by atoms with Gasteiger partial charge >= 0.3 is 35.3 Å². The van der Waals surface area contributed by atoms with Gasteiger partial charge in [-0.15, -0.1) is 0 Å². The molecule has 0 atom stereocenters. The third-order valence-electron chi connectivity index (χ3n) is 4.37. The first-order valence-electron chi connectivity index (χ1n) is 7.42. The van der Waals surface area contributed by atoms with Gasteiger partial charge in [-0.05, 0) is 17.7 Å². The van der Waals surface area contributed by atoms with Gasteiger partial charge in [-0.1, -0.05) is 12.1 Å². The molecule has 0 radical (unpaired) electrons. The number of carbonyl (C=O) groups is 1. The summed E-state index contributed by atoms with van der Waals surface area (Å²) < 4.78 is 154. The lowest BCUT2D eigenvalue weighted by Crippen LogP contribution is -2.86. The molecule has 29 heavy (non-hydrogen) atoms. The van der Waals surface area contributed by atoms with E-state index < -0.39 is 47.7 Å². The smallest absolute Gasteiger partial charge is 0.384 e. The van der Waals surface area contributed by atoms with Gasteiger partial charge in [0.2, 0.25) is 0 Å². The molecular formula is C15H10F11NO2. The van der Waals surface area contributed by atoms with E-state index >= 15 is 0 Å². The normalized spacial score (nSPS) is 25.1. The molecule has 0 heterocycles. The van der Waals surface area contributed by atoms with Gasteiger partial charge in [0.15, 0.2) is 0 Å². The van der Waals surface area contributed by atoms with Crippen molar-refractivity contribution >= 4 is 5.91 Å². The first kappa shape index (κ1) is 23.0. The Labute approximate surface area is 154 Å². The maximum atomic E-state index is 14.5. The van der Waals surface area contributed by atoms with Gasteiger partial charge in [0.05, 0.1) is 7.11 Å². The first-order valence-corrected chi connectivity index (χ1v) is 7.42. The SMILES string of the molecule is COc1ccc(CNC(=O)C2(F)C(F)(F)C(F)(F)C(F)(F)C(F)(F)C2(F)F)cc1. The number of hydrogen-bond acceptors (Lipinski definition) is 2. The summed E-state index contributed by atoms with van der Waals surface area (Å²) in [6, 6.07) is 4.61. The van der Waals surface area contributed by atoms with Crippen LogP contribution in [0.3, 0.4) is 0 Å². The second-order valence-corrected chi connectivity index (χ2v) is 6.06. The van der Waals surface area contributed by atoms with E-state index in [4.69, 9.17) is 4.74 Å². The molecule has 1 saturated carbocycles. The van der Waals surface area contributed by atoms with Crippen molar-refractivity contribution in [1.82, 2.24) is 5.32 Å². The van der Waals surface area contributed by atoms with Gasteiger partial charge in [0.1, 0.15) is 5.75 Å². The van der Waals surface area contributed by atoms with Crippen LogP contribution in [0.5, 0.6) is 5.75 Å². The number of benzene rings is 1. The van der Waals surface area contributed by atoms with Crippen molar-refractivity contribution in [3.8, 4) is 5.75 Å². The molecule has 1 aliphatic carbocycles. The van der Waals surface area contributed by atoms with Crippen LogP contribution in [0.15, 0.2) is 24.3 Å². The van der Waals surface area contributed by atoms with Crippen molar-refractivity contribution in [1.29, 1.82) is 0 Å². The van der Waals surface area contributed by atoms with Gasteiger partial charge in [-0.25, -0.2) is 4.39 Å². The molecule has 0 bridgehead atoms. The second-order valence-electron chi connectivity index (χ2n) is 6.06. The maximum Gasteiger partial charge on any atom is 0.384 e. The Bertz CT molecular complexity index is 762. The van der Waals surface area contributed by atoms with Crippen LogP contribution in [0.1, 0.15) is 5.56 Å². The van der Waals surface area contributed by atoms with Crippen LogP contribution in [0.25, 0.3) is 0 Å². The van der Waals surface area contributed by atoms with Crippen molar-refractivity contribution in [2.75, 3.05) is 7.11 Å². The molecule has 0 spiro atoms. The van der Waals surface area contributed by atoms with Crippen LogP contribution in [0, 0.1) is 0 Å².